The molecule has 1 atom stereocenters. The van der Waals surface area contributed by atoms with E-state index >= 15 is 0 Å². The predicted octanol–water partition coefficient (Wildman–Crippen LogP) is -2.94. The van der Waals surface area contributed by atoms with Crippen LogP contribution in [-0.4, -0.2) is 60.8 Å². The second-order valence-electron chi connectivity index (χ2n) is 3.23. The first-order valence-electron chi connectivity index (χ1n) is 4.52. The molecule has 0 heterocycles. The van der Waals surface area contributed by atoms with E-state index in [9.17, 15) is 13.2 Å². The van der Waals surface area contributed by atoms with Gasteiger partial charge in [0.2, 0.25) is 10.0 Å². The molecule has 0 aliphatic rings. The first-order valence-corrected chi connectivity index (χ1v) is 6.17. The third kappa shape index (κ3) is 5.98. The van der Waals surface area contributed by atoms with Crippen molar-refractivity contribution in [3.63, 3.8) is 0 Å². The molecule has 0 bridgehead atoms. The number of hydrogen-bond donors (Lipinski definition) is 5. The Morgan fingerprint density at radius 3 is 2.19 bits per heavy atom. The van der Waals surface area contributed by atoms with Crippen molar-refractivity contribution >= 4 is 16.0 Å². The van der Waals surface area contributed by atoms with Crippen molar-refractivity contribution < 1.29 is 28.5 Å². The van der Waals surface area contributed by atoms with E-state index in [-0.39, 0.29) is 6.42 Å². The molecule has 0 aliphatic heterocycles. The molecule has 0 aromatic rings. The topological polar surface area (TPSA) is 150 Å². The molecular formula is C7H16N2O6S. The fourth-order valence-corrected chi connectivity index (χ4v) is 2.19. The maximum atomic E-state index is 11.3. The molecule has 0 saturated carbocycles. The third-order valence-corrected chi connectivity index (χ3v) is 3.27. The van der Waals surface area contributed by atoms with Crippen molar-refractivity contribution in [3.05, 3.63) is 0 Å². The van der Waals surface area contributed by atoms with Gasteiger partial charge in [0.1, 0.15) is 6.04 Å². The van der Waals surface area contributed by atoms with Crippen molar-refractivity contribution in [3.8, 4) is 0 Å². The van der Waals surface area contributed by atoms with Gasteiger partial charge in [0.25, 0.3) is 0 Å². The Balaban J connectivity index is 4.20. The zero-order valence-electron chi connectivity index (χ0n) is 8.54. The summed E-state index contributed by atoms with van der Waals surface area (Å²) in [4.78, 5) is 10.3. The molecule has 0 rings (SSSR count). The quantitative estimate of drug-likeness (QED) is 0.312. The first kappa shape index (κ1) is 15.3. The van der Waals surface area contributed by atoms with E-state index in [2.05, 4.69) is 0 Å². The van der Waals surface area contributed by atoms with E-state index in [0.717, 1.165) is 0 Å². The average molecular weight is 256 g/mol. The molecule has 8 nitrogen and oxygen atoms in total. The normalized spacial score (nSPS) is 14.0. The fourth-order valence-electron chi connectivity index (χ4n) is 0.851. The minimum atomic E-state index is -3.75. The highest BCUT2D eigenvalue weighted by Gasteiger charge is 2.20. The number of hydrogen-bond acceptors (Lipinski definition) is 6. The molecular weight excluding hydrogens is 240 g/mol. The molecule has 16 heavy (non-hydrogen) atoms. The van der Waals surface area contributed by atoms with Gasteiger partial charge in [-0.2, -0.15) is 0 Å². The number of aliphatic hydroxyl groups is 2. The summed E-state index contributed by atoms with van der Waals surface area (Å²) in [5.74, 6) is -1.76. The van der Waals surface area contributed by atoms with Crippen molar-refractivity contribution in [2.45, 2.75) is 18.5 Å². The largest absolute Gasteiger partial charge is 0.480 e. The van der Waals surface area contributed by atoms with Gasteiger partial charge in [-0.25, -0.2) is 13.1 Å². The number of rotatable bonds is 8. The van der Waals surface area contributed by atoms with Gasteiger partial charge in [-0.1, -0.05) is 0 Å². The van der Waals surface area contributed by atoms with Gasteiger partial charge >= 0.3 is 5.97 Å². The van der Waals surface area contributed by atoms with Crippen LogP contribution in [0.1, 0.15) is 6.42 Å². The number of aliphatic hydroxyl groups excluding tert-OH is 2. The fraction of sp³-hybridized carbons (Fsp3) is 0.857. The number of nitrogens with two attached hydrogens (primary N) is 1. The molecule has 0 aromatic heterocycles. The van der Waals surface area contributed by atoms with Crippen molar-refractivity contribution in [2.24, 2.45) is 5.73 Å². The van der Waals surface area contributed by atoms with Gasteiger partial charge in [-0.3, -0.25) is 4.79 Å². The first-order chi connectivity index (χ1) is 7.32. The summed E-state index contributed by atoms with van der Waals surface area (Å²) in [5, 5.41) is 25.7. The lowest BCUT2D eigenvalue weighted by Crippen LogP contribution is -2.42. The van der Waals surface area contributed by atoms with Crippen LogP contribution in [0.3, 0.4) is 0 Å². The Bertz CT molecular complexity index is 313. The van der Waals surface area contributed by atoms with Crippen LogP contribution >= 0.6 is 0 Å². The Hall–Kier alpha value is -0.740. The lowest BCUT2D eigenvalue weighted by Gasteiger charge is -2.14. The van der Waals surface area contributed by atoms with Crippen LogP contribution in [0.5, 0.6) is 0 Å². The van der Waals surface area contributed by atoms with Crippen LogP contribution in [0.15, 0.2) is 0 Å². The molecule has 0 fully saturated rings. The van der Waals surface area contributed by atoms with Gasteiger partial charge in [0, 0.05) is 0 Å². The lowest BCUT2D eigenvalue weighted by molar-refractivity contribution is -0.138. The number of carboxylic acid groups (broad SMARTS) is 1. The Morgan fingerprint density at radius 2 is 1.81 bits per heavy atom. The minimum Gasteiger partial charge on any atom is -0.480 e. The van der Waals surface area contributed by atoms with Gasteiger partial charge in [-0.05, 0) is 6.42 Å². The molecule has 6 N–H and O–H groups in total. The van der Waals surface area contributed by atoms with Crippen molar-refractivity contribution in [1.82, 2.24) is 4.72 Å². The van der Waals surface area contributed by atoms with Crippen molar-refractivity contribution in [2.75, 3.05) is 19.0 Å². The van der Waals surface area contributed by atoms with E-state index in [1.54, 1.807) is 0 Å². The summed E-state index contributed by atoms with van der Waals surface area (Å²) in [6, 6.07) is -2.23. The second kappa shape index (κ2) is 6.76. The van der Waals surface area contributed by atoms with Crippen LogP contribution in [-0.2, 0) is 14.8 Å². The van der Waals surface area contributed by atoms with Crippen LogP contribution in [0.2, 0.25) is 0 Å². The molecule has 0 spiro atoms. The number of nitrogens with one attached hydrogen (secondary N) is 1. The highest BCUT2D eigenvalue weighted by Crippen LogP contribution is 1.96. The summed E-state index contributed by atoms with van der Waals surface area (Å²) in [6.07, 6.45) is -0.242. The Morgan fingerprint density at radius 1 is 1.31 bits per heavy atom. The molecule has 0 radical (unpaired) electrons. The van der Waals surface area contributed by atoms with Crippen LogP contribution in [0.4, 0.5) is 0 Å². The van der Waals surface area contributed by atoms with Gasteiger partial charge in [0.05, 0.1) is 25.0 Å². The molecule has 0 aromatic carbocycles. The third-order valence-electron chi connectivity index (χ3n) is 1.80. The highest BCUT2D eigenvalue weighted by atomic mass is 32.2. The van der Waals surface area contributed by atoms with Crippen LogP contribution < -0.4 is 10.5 Å². The molecule has 1 unspecified atom stereocenters. The molecule has 0 aliphatic carbocycles. The maximum absolute atomic E-state index is 11.3. The smallest absolute Gasteiger partial charge is 0.320 e. The Kier molecular flexibility index (Phi) is 6.45. The van der Waals surface area contributed by atoms with Gasteiger partial charge in [-0.15, -0.1) is 0 Å². The van der Waals surface area contributed by atoms with E-state index < -0.39 is 47.0 Å². The minimum absolute atomic E-state index is 0.242. The van der Waals surface area contributed by atoms with Gasteiger partial charge in [0.15, 0.2) is 0 Å². The van der Waals surface area contributed by atoms with E-state index in [1.165, 1.54) is 0 Å². The summed E-state index contributed by atoms with van der Waals surface area (Å²) in [7, 11) is -3.75. The van der Waals surface area contributed by atoms with Crippen LogP contribution in [0.25, 0.3) is 0 Å². The van der Waals surface area contributed by atoms with E-state index in [0.29, 0.717) is 0 Å². The van der Waals surface area contributed by atoms with Crippen LogP contribution in [0, 0.1) is 0 Å². The molecule has 96 valence electrons. The monoisotopic (exact) mass is 256 g/mol. The molecule has 0 saturated heterocycles. The Labute approximate surface area is 93.1 Å². The highest BCUT2D eigenvalue weighted by molar-refractivity contribution is 7.89. The number of carbonyl (C=O) groups is 1. The summed E-state index contributed by atoms with van der Waals surface area (Å²) in [6.45, 7) is -1.08. The standard InChI is InChI=1S/C7H16N2O6S/c8-6(7(12)13)1-2-16(14,15)9-5(3-10)4-11/h5-6,9-11H,1-4,8H2,(H,12,13). The van der Waals surface area contributed by atoms with Gasteiger partial charge < -0.3 is 21.1 Å². The molecule has 9 heteroatoms. The van der Waals surface area contributed by atoms with E-state index in [4.69, 9.17) is 21.1 Å². The SMILES string of the molecule is NC(CCS(=O)(=O)NC(CO)CO)C(=O)O. The zero-order chi connectivity index (χ0) is 12.8. The number of carboxylic acids is 1. The second-order valence-corrected chi connectivity index (χ2v) is 5.11. The summed E-state index contributed by atoms with van der Waals surface area (Å²) in [5.41, 5.74) is 5.13. The lowest BCUT2D eigenvalue weighted by atomic mass is 10.2. The average Bonchev–Trinajstić information content (AvgIpc) is 2.22. The number of sulfonamides is 1. The predicted molar refractivity (Wildman–Crippen MR) is 55.1 cm³/mol. The summed E-state index contributed by atoms with van der Waals surface area (Å²) >= 11 is 0. The maximum Gasteiger partial charge on any atom is 0.320 e. The number of aliphatic carboxylic acids is 1. The summed E-state index contributed by atoms with van der Waals surface area (Å²) < 4.78 is 24.6. The van der Waals surface area contributed by atoms with Crippen molar-refractivity contribution in [1.29, 1.82) is 0 Å². The molecule has 0 amide bonds. The zero-order valence-corrected chi connectivity index (χ0v) is 9.35. The van der Waals surface area contributed by atoms with E-state index in [1.807, 2.05) is 4.72 Å².